The standard InChI is InChI=1S/C11H19N3O2/c1-8-10(7-11(15)16)9(2)14(12-8)6-5-13(3)4/h5-7H2,1-4H3,(H,15,16). The average Bonchev–Trinajstić information content (AvgIpc) is 2.42. The molecule has 0 aliphatic carbocycles. The van der Waals surface area contributed by atoms with Crippen molar-refractivity contribution in [2.24, 2.45) is 0 Å². The lowest BCUT2D eigenvalue weighted by Gasteiger charge is -2.10. The predicted molar refractivity (Wildman–Crippen MR) is 61.6 cm³/mol. The first kappa shape index (κ1) is 12.7. The average molecular weight is 225 g/mol. The third-order valence-corrected chi connectivity index (χ3v) is 2.62. The number of carbonyl (C=O) groups is 1. The van der Waals surface area contributed by atoms with Crippen LogP contribution in [0.2, 0.25) is 0 Å². The van der Waals surface area contributed by atoms with Gasteiger partial charge in [-0.15, -0.1) is 0 Å². The molecule has 5 nitrogen and oxygen atoms in total. The summed E-state index contributed by atoms with van der Waals surface area (Å²) in [7, 11) is 4.01. The number of carboxylic acids is 1. The number of aromatic nitrogens is 2. The highest BCUT2D eigenvalue weighted by molar-refractivity contribution is 5.70. The summed E-state index contributed by atoms with van der Waals surface area (Å²) in [5.74, 6) is -0.807. The molecule has 0 aliphatic heterocycles. The van der Waals surface area contributed by atoms with Gasteiger partial charge in [0, 0.05) is 17.8 Å². The third-order valence-electron chi connectivity index (χ3n) is 2.62. The van der Waals surface area contributed by atoms with Crippen LogP contribution in [0.5, 0.6) is 0 Å². The molecule has 0 fully saturated rings. The Labute approximate surface area is 95.7 Å². The van der Waals surface area contributed by atoms with Crippen molar-refractivity contribution >= 4 is 5.97 Å². The molecule has 1 aromatic rings. The number of hydrogen-bond donors (Lipinski definition) is 1. The van der Waals surface area contributed by atoms with E-state index in [9.17, 15) is 4.79 Å². The van der Waals surface area contributed by atoms with Crippen LogP contribution in [0.15, 0.2) is 0 Å². The summed E-state index contributed by atoms with van der Waals surface area (Å²) in [5, 5.41) is 13.2. The van der Waals surface area contributed by atoms with Crippen LogP contribution in [0, 0.1) is 13.8 Å². The second-order valence-corrected chi connectivity index (χ2v) is 4.25. The summed E-state index contributed by atoms with van der Waals surface area (Å²) < 4.78 is 1.88. The van der Waals surface area contributed by atoms with Gasteiger partial charge in [0.2, 0.25) is 0 Å². The minimum Gasteiger partial charge on any atom is -0.481 e. The number of hydrogen-bond acceptors (Lipinski definition) is 3. The van der Waals surface area contributed by atoms with Gasteiger partial charge >= 0.3 is 5.97 Å². The zero-order valence-electron chi connectivity index (χ0n) is 10.3. The van der Waals surface area contributed by atoms with E-state index in [-0.39, 0.29) is 6.42 Å². The minimum absolute atomic E-state index is 0.0552. The Morgan fingerprint density at radius 1 is 1.44 bits per heavy atom. The van der Waals surface area contributed by atoms with Crippen molar-refractivity contribution in [3.8, 4) is 0 Å². The monoisotopic (exact) mass is 225 g/mol. The van der Waals surface area contributed by atoms with Gasteiger partial charge in [-0.05, 0) is 27.9 Å². The van der Waals surface area contributed by atoms with Crippen LogP contribution in [0.1, 0.15) is 17.0 Å². The van der Waals surface area contributed by atoms with Crippen LogP contribution in [0.4, 0.5) is 0 Å². The summed E-state index contributed by atoms with van der Waals surface area (Å²) in [4.78, 5) is 12.8. The lowest BCUT2D eigenvalue weighted by atomic mass is 10.1. The Kier molecular flexibility index (Phi) is 4.06. The third kappa shape index (κ3) is 3.06. The first-order valence-corrected chi connectivity index (χ1v) is 5.31. The lowest BCUT2D eigenvalue weighted by Crippen LogP contribution is -2.19. The maximum atomic E-state index is 10.7. The van der Waals surface area contributed by atoms with Crippen LogP contribution in [-0.2, 0) is 17.8 Å². The second-order valence-electron chi connectivity index (χ2n) is 4.25. The molecule has 0 spiro atoms. The van der Waals surface area contributed by atoms with Crippen LogP contribution in [0.25, 0.3) is 0 Å². The van der Waals surface area contributed by atoms with Gasteiger partial charge < -0.3 is 10.0 Å². The van der Waals surface area contributed by atoms with Crippen molar-refractivity contribution in [2.45, 2.75) is 26.8 Å². The first-order chi connectivity index (χ1) is 7.41. The Balaban J connectivity index is 2.84. The fourth-order valence-electron chi connectivity index (χ4n) is 1.65. The van der Waals surface area contributed by atoms with Crippen molar-refractivity contribution < 1.29 is 9.90 Å². The maximum absolute atomic E-state index is 10.7. The van der Waals surface area contributed by atoms with Gasteiger partial charge in [0.05, 0.1) is 18.7 Å². The van der Waals surface area contributed by atoms with Crippen LogP contribution < -0.4 is 0 Å². The van der Waals surface area contributed by atoms with Gasteiger partial charge in [0.15, 0.2) is 0 Å². The Hall–Kier alpha value is -1.36. The second kappa shape index (κ2) is 5.12. The molecule has 1 heterocycles. The molecule has 90 valence electrons. The van der Waals surface area contributed by atoms with Crippen LogP contribution in [0.3, 0.4) is 0 Å². The zero-order valence-corrected chi connectivity index (χ0v) is 10.3. The molecule has 0 saturated heterocycles. The minimum atomic E-state index is -0.807. The fraction of sp³-hybridized carbons (Fsp3) is 0.636. The number of likely N-dealkylation sites (N-methyl/N-ethyl adjacent to an activating group) is 1. The molecule has 1 N–H and O–H groups in total. The molecule has 0 bridgehead atoms. The number of rotatable bonds is 5. The molecule has 0 amide bonds. The summed E-state index contributed by atoms with van der Waals surface area (Å²) in [6, 6.07) is 0. The van der Waals surface area contributed by atoms with E-state index in [0.717, 1.165) is 30.0 Å². The first-order valence-electron chi connectivity index (χ1n) is 5.31. The molecular formula is C11H19N3O2. The molecule has 1 rings (SSSR count). The summed E-state index contributed by atoms with van der Waals surface area (Å²) in [5.41, 5.74) is 2.62. The maximum Gasteiger partial charge on any atom is 0.307 e. The molecule has 0 aliphatic rings. The van der Waals surface area contributed by atoms with Gasteiger partial charge in [-0.1, -0.05) is 0 Å². The van der Waals surface area contributed by atoms with E-state index in [4.69, 9.17) is 5.11 Å². The van der Waals surface area contributed by atoms with E-state index < -0.39 is 5.97 Å². The van der Waals surface area contributed by atoms with Gasteiger partial charge in [-0.2, -0.15) is 5.10 Å². The van der Waals surface area contributed by atoms with Gasteiger partial charge in [-0.3, -0.25) is 9.48 Å². The SMILES string of the molecule is Cc1nn(CCN(C)C)c(C)c1CC(=O)O. The van der Waals surface area contributed by atoms with E-state index >= 15 is 0 Å². The van der Waals surface area contributed by atoms with Gasteiger partial charge in [0.25, 0.3) is 0 Å². The van der Waals surface area contributed by atoms with E-state index in [1.54, 1.807) is 0 Å². The van der Waals surface area contributed by atoms with E-state index in [1.807, 2.05) is 32.6 Å². The molecule has 0 aromatic carbocycles. The quantitative estimate of drug-likeness (QED) is 0.801. The predicted octanol–water partition coefficient (Wildman–Crippen LogP) is 0.689. The highest BCUT2D eigenvalue weighted by Gasteiger charge is 2.13. The number of nitrogens with zero attached hydrogens (tertiary/aromatic N) is 3. The molecule has 1 aromatic heterocycles. The summed E-state index contributed by atoms with van der Waals surface area (Å²) in [6.45, 7) is 5.47. The largest absolute Gasteiger partial charge is 0.481 e. The highest BCUT2D eigenvalue weighted by atomic mass is 16.4. The molecule has 0 atom stereocenters. The fourth-order valence-corrected chi connectivity index (χ4v) is 1.65. The molecule has 0 saturated carbocycles. The Morgan fingerprint density at radius 3 is 2.56 bits per heavy atom. The van der Waals surface area contributed by atoms with Crippen molar-refractivity contribution in [3.63, 3.8) is 0 Å². The van der Waals surface area contributed by atoms with Crippen molar-refractivity contribution in [1.82, 2.24) is 14.7 Å². The Bertz CT molecular complexity index is 383. The van der Waals surface area contributed by atoms with Gasteiger partial charge in [0.1, 0.15) is 0 Å². The van der Waals surface area contributed by atoms with Crippen molar-refractivity contribution in [1.29, 1.82) is 0 Å². The van der Waals surface area contributed by atoms with E-state index in [2.05, 4.69) is 10.00 Å². The number of aliphatic carboxylic acids is 1. The van der Waals surface area contributed by atoms with Crippen molar-refractivity contribution in [2.75, 3.05) is 20.6 Å². The molecule has 16 heavy (non-hydrogen) atoms. The van der Waals surface area contributed by atoms with Gasteiger partial charge in [-0.25, -0.2) is 0 Å². The lowest BCUT2D eigenvalue weighted by molar-refractivity contribution is -0.136. The van der Waals surface area contributed by atoms with Crippen molar-refractivity contribution in [3.05, 3.63) is 17.0 Å². The summed E-state index contributed by atoms with van der Waals surface area (Å²) in [6.07, 6.45) is 0.0552. The number of aryl methyl sites for hydroxylation is 1. The van der Waals surface area contributed by atoms with Crippen LogP contribution >= 0.6 is 0 Å². The summed E-state index contributed by atoms with van der Waals surface area (Å²) >= 11 is 0. The smallest absolute Gasteiger partial charge is 0.307 e. The Morgan fingerprint density at radius 2 is 2.06 bits per heavy atom. The molecule has 0 unspecified atom stereocenters. The van der Waals surface area contributed by atoms with E-state index in [1.165, 1.54) is 0 Å². The topological polar surface area (TPSA) is 58.4 Å². The molecular weight excluding hydrogens is 206 g/mol. The normalized spacial score (nSPS) is 11.1. The van der Waals surface area contributed by atoms with Crippen LogP contribution in [-0.4, -0.2) is 46.4 Å². The highest BCUT2D eigenvalue weighted by Crippen LogP contribution is 2.13. The molecule has 0 radical (unpaired) electrons. The zero-order chi connectivity index (χ0) is 12.3. The number of carboxylic acid groups (broad SMARTS) is 1. The molecule has 5 heteroatoms. The van der Waals surface area contributed by atoms with E-state index in [0.29, 0.717) is 0 Å².